The van der Waals surface area contributed by atoms with Crippen molar-refractivity contribution in [2.75, 3.05) is 11.9 Å². The third-order valence-corrected chi connectivity index (χ3v) is 4.35. The Morgan fingerprint density at radius 3 is 3.29 bits per heavy atom. The molecule has 2 atom stereocenters. The lowest BCUT2D eigenvalue weighted by Crippen LogP contribution is -2.15. The monoisotopic (exact) mass is 284 g/mol. The van der Waals surface area contributed by atoms with Gasteiger partial charge in [0, 0.05) is 19.0 Å². The number of hydrogen-bond donors (Lipinski definition) is 1. The minimum Gasteiger partial charge on any atom is -0.376 e. The summed E-state index contributed by atoms with van der Waals surface area (Å²) in [5, 5.41) is 7.99. The molecule has 0 aromatic carbocycles. The van der Waals surface area contributed by atoms with Crippen LogP contribution in [0.5, 0.6) is 0 Å². The molecule has 1 saturated heterocycles. The summed E-state index contributed by atoms with van der Waals surface area (Å²) in [6, 6.07) is 4.49. The highest BCUT2D eigenvalue weighted by atomic mass is 16.5. The number of nitrogens with one attached hydrogen (secondary N) is 1. The molecule has 0 saturated carbocycles. The first kappa shape index (κ1) is 12.8. The molecule has 2 aromatic rings. The zero-order valence-electron chi connectivity index (χ0n) is 12.0. The van der Waals surface area contributed by atoms with Crippen LogP contribution in [0, 0.1) is 0 Å². The van der Waals surface area contributed by atoms with Crippen molar-refractivity contribution in [2.45, 2.75) is 44.4 Å². The highest BCUT2D eigenvalue weighted by molar-refractivity contribution is 5.43. The van der Waals surface area contributed by atoms with Crippen LogP contribution in [0.4, 0.5) is 5.69 Å². The van der Waals surface area contributed by atoms with Crippen molar-refractivity contribution in [1.29, 1.82) is 0 Å². The lowest BCUT2D eigenvalue weighted by Gasteiger charge is -2.12. The van der Waals surface area contributed by atoms with E-state index >= 15 is 0 Å². The first-order valence-electron chi connectivity index (χ1n) is 7.73. The fourth-order valence-corrected chi connectivity index (χ4v) is 3.29. The van der Waals surface area contributed by atoms with Gasteiger partial charge in [-0.25, -0.2) is 0 Å². The SMILES string of the molecule is c1cnc2c(c1)CCC2Nc1cnn(CC2CCCO2)c1. The van der Waals surface area contributed by atoms with E-state index in [2.05, 4.69) is 27.7 Å². The molecule has 0 radical (unpaired) electrons. The lowest BCUT2D eigenvalue weighted by atomic mass is 10.2. The topological polar surface area (TPSA) is 52.0 Å². The highest BCUT2D eigenvalue weighted by Gasteiger charge is 2.23. The van der Waals surface area contributed by atoms with Gasteiger partial charge in [-0.3, -0.25) is 9.67 Å². The largest absolute Gasteiger partial charge is 0.376 e. The standard InChI is InChI=1S/C16H20N4O/c1-3-12-5-6-15(16(12)17-7-1)19-13-9-18-20(10-13)11-14-4-2-8-21-14/h1,3,7,9-10,14-15,19H,2,4-6,8,11H2. The molecule has 5 heteroatoms. The molecule has 0 amide bonds. The van der Waals surface area contributed by atoms with Gasteiger partial charge in [0.15, 0.2) is 0 Å². The van der Waals surface area contributed by atoms with E-state index in [1.807, 2.05) is 23.1 Å². The lowest BCUT2D eigenvalue weighted by molar-refractivity contribution is 0.0940. The Hall–Kier alpha value is -1.88. The third-order valence-electron chi connectivity index (χ3n) is 4.35. The van der Waals surface area contributed by atoms with Crippen molar-refractivity contribution in [3.8, 4) is 0 Å². The van der Waals surface area contributed by atoms with Crippen LogP contribution in [0.15, 0.2) is 30.7 Å². The molecular formula is C16H20N4O. The number of aryl methyl sites for hydroxylation is 1. The predicted molar refractivity (Wildman–Crippen MR) is 80.1 cm³/mol. The van der Waals surface area contributed by atoms with Crippen LogP contribution >= 0.6 is 0 Å². The molecule has 1 aliphatic carbocycles. The molecule has 1 fully saturated rings. The Balaban J connectivity index is 1.42. The van der Waals surface area contributed by atoms with Crippen LogP contribution < -0.4 is 5.32 Å². The van der Waals surface area contributed by atoms with E-state index in [1.54, 1.807) is 0 Å². The Morgan fingerprint density at radius 1 is 1.38 bits per heavy atom. The highest BCUT2D eigenvalue weighted by Crippen LogP contribution is 2.31. The maximum Gasteiger partial charge on any atom is 0.0771 e. The molecule has 2 unspecified atom stereocenters. The second-order valence-corrected chi connectivity index (χ2v) is 5.87. The number of aromatic nitrogens is 3. The van der Waals surface area contributed by atoms with Crippen molar-refractivity contribution < 1.29 is 4.74 Å². The van der Waals surface area contributed by atoms with E-state index in [4.69, 9.17) is 4.74 Å². The first-order valence-corrected chi connectivity index (χ1v) is 7.73. The second-order valence-electron chi connectivity index (χ2n) is 5.87. The summed E-state index contributed by atoms with van der Waals surface area (Å²) < 4.78 is 7.63. The summed E-state index contributed by atoms with van der Waals surface area (Å²) in [5.41, 5.74) is 3.61. The maximum absolute atomic E-state index is 5.65. The Morgan fingerprint density at radius 2 is 2.38 bits per heavy atom. The second kappa shape index (κ2) is 5.48. The molecule has 5 nitrogen and oxygen atoms in total. The number of pyridine rings is 1. The predicted octanol–water partition coefficient (Wildman–Crippen LogP) is 2.56. The third kappa shape index (κ3) is 2.65. The zero-order valence-corrected chi connectivity index (χ0v) is 12.0. The van der Waals surface area contributed by atoms with Gasteiger partial charge in [0.25, 0.3) is 0 Å². The van der Waals surface area contributed by atoms with Gasteiger partial charge < -0.3 is 10.1 Å². The summed E-state index contributed by atoms with van der Waals surface area (Å²) in [6.45, 7) is 1.74. The van der Waals surface area contributed by atoms with Crippen molar-refractivity contribution in [1.82, 2.24) is 14.8 Å². The number of ether oxygens (including phenoxy) is 1. The molecule has 1 N–H and O–H groups in total. The van der Waals surface area contributed by atoms with Crippen molar-refractivity contribution >= 4 is 5.69 Å². The van der Waals surface area contributed by atoms with Crippen molar-refractivity contribution in [3.05, 3.63) is 42.0 Å². The molecule has 4 rings (SSSR count). The van der Waals surface area contributed by atoms with Crippen LogP contribution in [0.25, 0.3) is 0 Å². The van der Waals surface area contributed by atoms with E-state index in [9.17, 15) is 0 Å². The molecule has 0 bridgehead atoms. The summed E-state index contributed by atoms with van der Waals surface area (Å²) in [5.74, 6) is 0. The summed E-state index contributed by atoms with van der Waals surface area (Å²) in [4.78, 5) is 4.52. The van der Waals surface area contributed by atoms with E-state index < -0.39 is 0 Å². The van der Waals surface area contributed by atoms with E-state index in [0.29, 0.717) is 12.1 Å². The van der Waals surface area contributed by atoms with E-state index in [0.717, 1.165) is 38.1 Å². The molecule has 21 heavy (non-hydrogen) atoms. The van der Waals surface area contributed by atoms with Gasteiger partial charge in [-0.05, 0) is 37.3 Å². The molecule has 2 aliphatic rings. The first-order chi connectivity index (χ1) is 10.4. The number of fused-ring (bicyclic) bond motifs is 1. The fraction of sp³-hybridized carbons (Fsp3) is 0.500. The van der Waals surface area contributed by atoms with Crippen molar-refractivity contribution in [2.24, 2.45) is 0 Å². The van der Waals surface area contributed by atoms with Gasteiger partial charge in [0.1, 0.15) is 0 Å². The fourth-order valence-electron chi connectivity index (χ4n) is 3.29. The summed E-state index contributed by atoms with van der Waals surface area (Å²) >= 11 is 0. The Bertz CT molecular complexity index is 618. The van der Waals surface area contributed by atoms with Gasteiger partial charge in [0.2, 0.25) is 0 Å². The molecule has 3 heterocycles. The van der Waals surface area contributed by atoms with Gasteiger partial charge in [-0.15, -0.1) is 0 Å². The van der Waals surface area contributed by atoms with Crippen molar-refractivity contribution in [3.63, 3.8) is 0 Å². The Labute approximate surface area is 124 Å². The van der Waals surface area contributed by atoms with Gasteiger partial charge in [0.05, 0.1) is 36.3 Å². The number of nitrogens with zero attached hydrogens (tertiary/aromatic N) is 3. The van der Waals surface area contributed by atoms with Gasteiger partial charge >= 0.3 is 0 Å². The molecule has 2 aromatic heterocycles. The normalized spacial score (nSPS) is 24.2. The minimum absolute atomic E-state index is 0.307. The number of rotatable bonds is 4. The van der Waals surface area contributed by atoms with Crippen LogP contribution in [0.2, 0.25) is 0 Å². The van der Waals surface area contributed by atoms with Crippen LogP contribution in [-0.2, 0) is 17.7 Å². The average molecular weight is 284 g/mol. The van der Waals surface area contributed by atoms with Gasteiger partial charge in [-0.1, -0.05) is 6.07 Å². The Kier molecular flexibility index (Phi) is 3.35. The average Bonchev–Trinajstić information content (AvgIpc) is 3.23. The summed E-state index contributed by atoms with van der Waals surface area (Å²) in [7, 11) is 0. The van der Waals surface area contributed by atoms with Crippen LogP contribution in [-0.4, -0.2) is 27.5 Å². The molecule has 0 spiro atoms. The molecule has 110 valence electrons. The van der Waals surface area contributed by atoms with Crippen LogP contribution in [0.3, 0.4) is 0 Å². The number of anilines is 1. The quantitative estimate of drug-likeness (QED) is 0.937. The minimum atomic E-state index is 0.307. The molecule has 1 aliphatic heterocycles. The summed E-state index contributed by atoms with van der Waals surface area (Å²) in [6.07, 6.45) is 10.7. The number of hydrogen-bond acceptors (Lipinski definition) is 4. The zero-order chi connectivity index (χ0) is 14.1. The smallest absolute Gasteiger partial charge is 0.0771 e. The van der Waals surface area contributed by atoms with E-state index in [-0.39, 0.29) is 0 Å². The maximum atomic E-state index is 5.65. The molecular weight excluding hydrogens is 264 g/mol. The van der Waals surface area contributed by atoms with Crippen LogP contribution in [0.1, 0.15) is 36.6 Å². The van der Waals surface area contributed by atoms with Gasteiger partial charge in [-0.2, -0.15) is 5.10 Å². The van der Waals surface area contributed by atoms with E-state index in [1.165, 1.54) is 17.7 Å².